The van der Waals surface area contributed by atoms with Gasteiger partial charge >= 0.3 is 6.09 Å². The van der Waals surface area contributed by atoms with Gasteiger partial charge in [-0.2, -0.15) is 0 Å². The van der Waals surface area contributed by atoms with Gasteiger partial charge in [-0.15, -0.1) is 0 Å². The standard InChI is InChI=1S/C20H25N3O5S/c1-14(21-19(25)28-20(2,3)4)18(24)22-15-9-8-10-16(13-15)23-29(26,27)17-11-6-5-7-12-17/h5-14,23H,1-4H3,(H,21,25)(H,22,24)/t14-/m1/s1. The van der Waals surface area contributed by atoms with Gasteiger partial charge in [0, 0.05) is 5.69 Å². The smallest absolute Gasteiger partial charge is 0.408 e. The molecule has 0 bridgehead atoms. The molecule has 0 saturated carbocycles. The van der Waals surface area contributed by atoms with Crippen molar-refractivity contribution < 1.29 is 22.7 Å². The first-order valence-corrected chi connectivity index (χ1v) is 10.4. The van der Waals surface area contributed by atoms with Gasteiger partial charge < -0.3 is 15.4 Å². The molecular formula is C20H25N3O5S. The minimum Gasteiger partial charge on any atom is -0.444 e. The molecule has 0 aromatic heterocycles. The molecular weight excluding hydrogens is 394 g/mol. The first-order valence-electron chi connectivity index (χ1n) is 8.94. The Morgan fingerprint density at radius 2 is 1.59 bits per heavy atom. The molecule has 0 radical (unpaired) electrons. The van der Waals surface area contributed by atoms with E-state index in [4.69, 9.17) is 4.74 Å². The molecule has 1 atom stereocenters. The number of carbonyl (C=O) groups is 2. The van der Waals surface area contributed by atoms with Crippen LogP contribution in [0.3, 0.4) is 0 Å². The van der Waals surface area contributed by atoms with E-state index in [1.165, 1.54) is 25.1 Å². The molecule has 0 saturated heterocycles. The third kappa shape index (κ3) is 7.11. The van der Waals surface area contributed by atoms with Crippen molar-refractivity contribution in [2.75, 3.05) is 10.0 Å². The molecule has 0 aliphatic heterocycles. The van der Waals surface area contributed by atoms with Crippen LogP contribution >= 0.6 is 0 Å². The van der Waals surface area contributed by atoms with Crippen molar-refractivity contribution in [3.05, 3.63) is 54.6 Å². The molecule has 9 heteroatoms. The van der Waals surface area contributed by atoms with Gasteiger partial charge in [-0.25, -0.2) is 13.2 Å². The molecule has 2 aromatic rings. The number of alkyl carbamates (subject to hydrolysis) is 1. The van der Waals surface area contributed by atoms with E-state index in [9.17, 15) is 18.0 Å². The second kappa shape index (κ2) is 8.95. The Morgan fingerprint density at radius 1 is 0.966 bits per heavy atom. The number of amides is 2. The van der Waals surface area contributed by atoms with Crippen LogP contribution in [-0.4, -0.2) is 32.1 Å². The number of hydrogen-bond acceptors (Lipinski definition) is 5. The van der Waals surface area contributed by atoms with Crippen LogP contribution in [0.25, 0.3) is 0 Å². The first kappa shape index (κ1) is 22.2. The van der Waals surface area contributed by atoms with Crippen molar-refractivity contribution in [3.8, 4) is 0 Å². The Labute approximate surface area is 170 Å². The molecule has 3 N–H and O–H groups in total. The molecule has 2 aromatic carbocycles. The van der Waals surface area contributed by atoms with Crippen LogP contribution in [-0.2, 0) is 19.6 Å². The number of ether oxygens (including phenoxy) is 1. The van der Waals surface area contributed by atoms with Crippen molar-refractivity contribution in [2.45, 2.75) is 44.2 Å². The second-order valence-electron chi connectivity index (χ2n) is 7.36. The number of hydrogen-bond donors (Lipinski definition) is 3. The molecule has 0 heterocycles. The maximum Gasteiger partial charge on any atom is 0.408 e. The van der Waals surface area contributed by atoms with Crippen molar-refractivity contribution in [1.29, 1.82) is 0 Å². The summed E-state index contributed by atoms with van der Waals surface area (Å²) in [5.41, 5.74) is -0.00893. The maximum atomic E-state index is 12.4. The number of anilines is 2. The Morgan fingerprint density at radius 3 is 2.21 bits per heavy atom. The largest absolute Gasteiger partial charge is 0.444 e. The number of carbonyl (C=O) groups excluding carboxylic acids is 2. The Bertz CT molecular complexity index is 969. The molecule has 8 nitrogen and oxygen atoms in total. The minimum atomic E-state index is -3.74. The van der Waals surface area contributed by atoms with E-state index in [0.29, 0.717) is 11.4 Å². The van der Waals surface area contributed by atoms with Gasteiger partial charge in [-0.1, -0.05) is 24.3 Å². The highest BCUT2D eigenvalue weighted by Gasteiger charge is 2.21. The van der Waals surface area contributed by atoms with Gasteiger partial charge in [0.2, 0.25) is 5.91 Å². The number of rotatable bonds is 6. The van der Waals surface area contributed by atoms with Gasteiger partial charge in [0.25, 0.3) is 10.0 Å². The molecule has 0 spiro atoms. The summed E-state index contributed by atoms with van der Waals surface area (Å²) in [6.45, 7) is 6.68. The Kier molecular flexibility index (Phi) is 6.86. The fourth-order valence-electron chi connectivity index (χ4n) is 2.27. The molecule has 0 aliphatic carbocycles. The summed E-state index contributed by atoms with van der Waals surface area (Å²) < 4.78 is 32.4. The van der Waals surface area contributed by atoms with Gasteiger partial charge in [-0.3, -0.25) is 9.52 Å². The van der Waals surface area contributed by atoms with Crippen LogP contribution in [0.4, 0.5) is 16.2 Å². The summed E-state index contributed by atoms with van der Waals surface area (Å²) in [6.07, 6.45) is -0.704. The zero-order chi connectivity index (χ0) is 21.7. The van der Waals surface area contributed by atoms with Gasteiger partial charge in [0.1, 0.15) is 11.6 Å². The van der Waals surface area contributed by atoms with E-state index in [0.717, 1.165) is 0 Å². The van der Waals surface area contributed by atoms with Gasteiger partial charge in [0.05, 0.1) is 10.6 Å². The molecule has 0 fully saturated rings. The maximum absolute atomic E-state index is 12.4. The fraction of sp³-hybridized carbons (Fsp3) is 0.300. The van der Waals surface area contributed by atoms with Crippen LogP contribution in [0.1, 0.15) is 27.7 Å². The molecule has 156 valence electrons. The van der Waals surface area contributed by atoms with Crippen LogP contribution in [0.2, 0.25) is 0 Å². The molecule has 2 rings (SSSR count). The predicted molar refractivity (Wildman–Crippen MR) is 111 cm³/mol. The monoisotopic (exact) mass is 419 g/mol. The lowest BCUT2D eigenvalue weighted by molar-refractivity contribution is -0.117. The van der Waals surface area contributed by atoms with E-state index in [-0.39, 0.29) is 4.90 Å². The highest BCUT2D eigenvalue weighted by atomic mass is 32.2. The topological polar surface area (TPSA) is 114 Å². The lowest BCUT2D eigenvalue weighted by atomic mass is 10.2. The molecule has 0 unspecified atom stereocenters. The molecule has 29 heavy (non-hydrogen) atoms. The van der Waals surface area contributed by atoms with E-state index in [2.05, 4.69) is 15.4 Å². The van der Waals surface area contributed by atoms with Crippen LogP contribution in [0.15, 0.2) is 59.5 Å². The molecule has 0 aliphatic rings. The lowest BCUT2D eigenvalue weighted by Crippen LogP contribution is -2.43. The van der Waals surface area contributed by atoms with Crippen molar-refractivity contribution in [1.82, 2.24) is 5.32 Å². The normalized spacial score (nSPS) is 12.6. The van der Waals surface area contributed by atoms with E-state index < -0.39 is 33.7 Å². The Hall–Kier alpha value is -3.07. The van der Waals surface area contributed by atoms with Crippen LogP contribution in [0.5, 0.6) is 0 Å². The van der Waals surface area contributed by atoms with E-state index in [1.54, 1.807) is 57.2 Å². The molecule has 2 amide bonds. The van der Waals surface area contributed by atoms with Gasteiger partial charge in [0.15, 0.2) is 0 Å². The SMILES string of the molecule is C[C@@H](NC(=O)OC(C)(C)C)C(=O)Nc1cccc(NS(=O)(=O)c2ccccc2)c1. The van der Waals surface area contributed by atoms with Crippen LogP contribution < -0.4 is 15.4 Å². The zero-order valence-electron chi connectivity index (χ0n) is 16.7. The summed E-state index contributed by atoms with van der Waals surface area (Å²) in [7, 11) is -3.74. The Balaban J connectivity index is 2.02. The van der Waals surface area contributed by atoms with Crippen molar-refractivity contribution in [2.24, 2.45) is 0 Å². The highest BCUT2D eigenvalue weighted by molar-refractivity contribution is 7.92. The third-order valence-corrected chi connectivity index (χ3v) is 4.96. The van der Waals surface area contributed by atoms with E-state index in [1.807, 2.05) is 0 Å². The summed E-state index contributed by atoms with van der Waals surface area (Å²) in [6, 6.07) is 13.4. The minimum absolute atomic E-state index is 0.129. The average Bonchev–Trinajstić information content (AvgIpc) is 2.60. The summed E-state index contributed by atoms with van der Waals surface area (Å²) in [5.74, 6) is -0.473. The van der Waals surface area contributed by atoms with E-state index >= 15 is 0 Å². The van der Waals surface area contributed by atoms with Crippen molar-refractivity contribution >= 4 is 33.4 Å². The van der Waals surface area contributed by atoms with Crippen molar-refractivity contribution in [3.63, 3.8) is 0 Å². The summed E-state index contributed by atoms with van der Waals surface area (Å²) in [4.78, 5) is 24.2. The quantitative estimate of drug-likeness (QED) is 0.665. The fourth-order valence-corrected chi connectivity index (χ4v) is 3.35. The van der Waals surface area contributed by atoms with Gasteiger partial charge in [-0.05, 0) is 58.0 Å². The summed E-state index contributed by atoms with van der Waals surface area (Å²) in [5, 5.41) is 5.08. The zero-order valence-corrected chi connectivity index (χ0v) is 17.5. The number of sulfonamides is 1. The lowest BCUT2D eigenvalue weighted by Gasteiger charge is -2.21. The highest BCUT2D eigenvalue weighted by Crippen LogP contribution is 2.19. The number of benzene rings is 2. The number of nitrogens with one attached hydrogen (secondary N) is 3. The average molecular weight is 420 g/mol. The second-order valence-corrected chi connectivity index (χ2v) is 9.04. The first-order chi connectivity index (χ1) is 13.5. The third-order valence-electron chi connectivity index (χ3n) is 3.56. The predicted octanol–water partition coefficient (Wildman–Crippen LogP) is 3.34. The van der Waals surface area contributed by atoms with Crippen LogP contribution in [0, 0.1) is 0 Å². The summed E-state index contributed by atoms with van der Waals surface area (Å²) >= 11 is 0.